The summed E-state index contributed by atoms with van der Waals surface area (Å²) >= 11 is 1.88. The van der Waals surface area contributed by atoms with E-state index in [0.29, 0.717) is 6.04 Å². The number of nitrogens with zero attached hydrogens (tertiary/aromatic N) is 2. The zero-order valence-corrected chi connectivity index (χ0v) is 10.9. The van der Waals surface area contributed by atoms with Crippen LogP contribution in [0.25, 0.3) is 0 Å². The average Bonchev–Trinajstić information content (AvgIpc) is 2.46. The molecule has 0 saturated heterocycles. The molecule has 0 aliphatic rings. The lowest BCUT2D eigenvalue weighted by Crippen LogP contribution is -2.25. The second kappa shape index (κ2) is 6.18. The maximum atomic E-state index is 4.33. The molecule has 0 amide bonds. The Balaban J connectivity index is 2.28. The molecular weight excluding hydrogens is 206 g/mol. The van der Waals surface area contributed by atoms with Crippen molar-refractivity contribution < 1.29 is 0 Å². The van der Waals surface area contributed by atoms with Crippen LogP contribution >= 0.6 is 11.8 Å². The first-order valence-electron chi connectivity index (χ1n) is 5.50. The predicted octanol–water partition coefficient (Wildman–Crippen LogP) is 2.21. The van der Waals surface area contributed by atoms with Crippen LogP contribution in [0.4, 0.5) is 0 Å². The third-order valence-corrected chi connectivity index (χ3v) is 3.43. The molecule has 1 N–H and O–H groups in total. The number of hydrogen-bond donors (Lipinski definition) is 1. The average molecular weight is 227 g/mol. The summed E-state index contributed by atoms with van der Waals surface area (Å²) in [6.45, 7) is 7.47. The Labute approximate surface area is 96.6 Å². The Hall–Kier alpha value is -0.480. The standard InChI is InChI=1S/C11H21N3S/c1-5-12-9(2)6-7-15-11-8-10(3)13-14(11)4/h8-9,12H,5-7H2,1-4H3. The van der Waals surface area contributed by atoms with Crippen LogP contribution in [0.3, 0.4) is 0 Å². The highest BCUT2D eigenvalue weighted by molar-refractivity contribution is 7.99. The van der Waals surface area contributed by atoms with Crippen LogP contribution in [0.2, 0.25) is 0 Å². The molecule has 15 heavy (non-hydrogen) atoms. The van der Waals surface area contributed by atoms with Crippen molar-refractivity contribution >= 4 is 11.8 Å². The molecule has 1 unspecified atom stereocenters. The van der Waals surface area contributed by atoms with Crippen LogP contribution in [0.15, 0.2) is 11.1 Å². The molecule has 4 heteroatoms. The lowest BCUT2D eigenvalue weighted by atomic mass is 10.3. The number of aryl methyl sites for hydroxylation is 2. The molecule has 0 aromatic carbocycles. The van der Waals surface area contributed by atoms with Crippen LogP contribution in [0, 0.1) is 6.92 Å². The van der Waals surface area contributed by atoms with Crippen molar-refractivity contribution in [2.24, 2.45) is 7.05 Å². The zero-order chi connectivity index (χ0) is 11.3. The topological polar surface area (TPSA) is 29.9 Å². The van der Waals surface area contributed by atoms with Gasteiger partial charge >= 0.3 is 0 Å². The molecule has 0 spiro atoms. The summed E-state index contributed by atoms with van der Waals surface area (Å²) in [5.41, 5.74) is 1.10. The van der Waals surface area contributed by atoms with E-state index in [0.717, 1.165) is 18.0 Å². The molecule has 1 aromatic rings. The van der Waals surface area contributed by atoms with Gasteiger partial charge in [-0.25, -0.2) is 0 Å². The van der Waals surface area contributed by atoms with E-state index in [1.165, 1.54) is 11.4 Å². The minimum Gasteiger partial charge on any atom is -0.315 e. The van der Waals surface area contributed by atoms with Gasteiger partial charge in [-0.15, -0.1) is 11.8 Å². The van der Waals surface area contributed by atoms with Gasteiger partial charge in [0.05, 0.1) is 10.7 Å². The van der Waals surface area contributed by atoms with E-state index in [-0.39, 0.29) is 0 Å². The van der Waals surface area contributed by atoms with E-state index in [9.17, 15) is 0 Å². The van der Waals surface area contributed by atoms with E-state index >= 15 is 0 Å². The van der Waals surface area contributed by atoms with Crippen molar-refractivity contribution in [1.29, 1.82) is 0 Å². The van der Waals surface area contributed by atoms with Crippen LogP contribution in [-0.4, -0.2) is 28.1 Å². The first-order chi connectivity index (χ1) is 7.13. The number of hydrogen-bond acceptors (Lipinski definition) is 3. The van der Waals surface area contributed by atoms with Gasteiger partial charge < -0.3 is 5.32 Å². The van der Waals surface area contributed by atoms with Crippen molar-refractivity contribution in [2.45, 2.75) is 38.3 Å². The molecule has 0 fully saturated rings. The maximum absolute atomic E-state index is 4.33. The second-order valence-electron chi connectivity index (χ2n) is 3.84. The van der Waals surface area contributed by atoms with Crippen molar-refractivity contribution in [2.75, 3.05) is 12.3 Å². The fourth-order valence-corrected chi connectivity index (χ4v) is 2.67. The van der Waals surface area contributed by atoms with Crippen molar-refractivity contribution in [1.82, 2.24) is 15.1 Å². The van der Waals surface area contributed by atoms with Crippen molar-refractivity contribution in [3.63, 3.8) is 0 Å². The van der Waals surface area contributed by atoms with Crippen LogP contribution in [0.1, 0.15) is 26.0 Å². The van der Waals surface area contributed by atoms with Gasteiger partial charge in [-0.3, -0.25) is 4.68 Å². The van der Waals surface area contributed by atoms with Crippen LogP contribution < -0.4 is 5.32 Å². The summed E-state index contributed by atoms with van der Waals surface area (Å²) in [4.78, 5) is 0. The molecule has 1 heterocycles. The molecule has 0 aliphatic carbocycles. The molecule has 1 rings (SSSR count). The van der Waals surface area contributed by atoms with E-state index < -0.39 is 0 Å². The summed E-state index contributed by atoms with van der Waals surface area (Å²) in [6.07, 6.45) is 1.20. The summed E-state index contributed by atoms with van der Waals surface area (Å²) in [6, 6.07) is 2.75. The summed E-state index contributed by atoms with van der Waals surface area (Å²) in [7, 11) is 2.00. The Kier molecular flexibility index (Phi) is 5.19. The molecule has 0 radical (unpaired) electrons. The molecule has 1 aromatic heterocycles. The number of aromatic nitrogens is 2. The van der Waals surface area contributed by atoms with Crippen molar-refractivity contribution in [3.8, 4) is 0 Å². The first kappa shape index (κ1) is 12.6. The maximum Gasteiger partial charge on any atom is 0.0939 e. The van der Waals surface area contributed by atoms with Gasteiger partial charge in [-0.1, -0.05) is 6.92 Å². The fraction of sp³-hybridized carbons (Fsp3) is 0.727. The highest BCUT2D eigenvalue weighted by Gasteiger charge is 2.04. The van der Waals surface area contributed by atoms with Crippen molar-refractivity contribution in [3.05, 3.63) is 11.8 Å². The predicted molar refractivity (Wildman–Crippen MR) is 66.4 cm³/mol. The highest BCUT2D eigenvalue weighted by atomic mass is 32.2. The zero-order valence-electron chi connectivity index (χ0n) is 10.1. The van der Waals surface area contributed by atoms with E-state index in [1.54, 1.807) is 0 Å². The van der Waals surface area contributed by atoms with Gasteiger partial charge in [0, 0.05) is 18.8 Å². The summed E-state index contributed by atoms with van der Waals surface area (Å²) < 4.78 is 1.96. The number of nitrogens with one attached hydrogen (secondary N) is 1. The van der Waals surface area contributed by atoms with E-state index in [4.69, 9.17) is 0 Å². The third kappa shape index (κ3) is 4.26. The highest BCUT2D eigenvalue weighted by Crippen LogP contribution is 2.19. The Morgan fingerprint density at radius 3 is 2.87 bits per heavy atom. The lowest BCUT2D eigenvalue weighted by molar-refractivity contribution is 0.556. The fourth-order valence-electron chi connectivity index (χ4n) is 1.51. The van der Waals surface area contributed by atoms with Crippen LogP contribution in [0.5, 0.6) is 0 Å². The van der Waals surface area contributed by atoms with Gasteiger partial charge in [0.25, 0.3) is 0 Å². The minimum atomic E-state index is 0.608. The lowest BCUT2D eigenvalue weighted by Gasteiger charge is -2.11. The smallest absolute Gasteiger partial charge is 0.0939 e. The normalized spacial score (nSPS) is 13.1. The minimum absolute atomic E-state index is 0.608. The van der Waals surface area contributed by atoms with Crippen LogP contribution in [-0.2, 0) is 7.05 Å². The molecule has 0 aliphatic heterocycles. The van der Waals surface area contributed by atoms with Gasteiger partial charge in [0.15, 0.2) is 0 Å². The van der Waals surface area contributed by atoms with E-state index in [2.05, 4.69) is 30.3 Å². The molecule has 86 valence electrons. The van der Waals surface area contributed by atoms with Gasteiger partial charge in [0.2, 0.25) is 0 Å². The third-order valence-electron chi connectivity index (χ3n) is 2.31. The molecule has 0 saturated carbocycles. The summed E-state index contributed by atoms with van der Waals surface area (Å²) in [5.74, 6) is 1.15. The Bertz CT molecular complexity index is 296. The summed E-state index contributed by atoms with van der Waals surface area (Å²) in [5, 5.41) is 9.00. The molecule has 1 atom stereocenters. The molecule has 3 nitrogen and oxygen atoms in total. The second-order valence-corrected chi connectivity index (χ2v) is 4.96. The van der Waals surface area contributed by atoms with Gasteiger partial charge in [-0.2, -0.15) is 5.10 Å². The molecule has 0 bridgehead atoms. The van der Waals surface area contributed by atoms with E-state index in [1.807, 2.05) is 30.4 Å². The largest absolute Gasteiger partial charge is 0.315 e. The molecular formula is C11H21N3S. The quantitative estimate of drug-likeness (QED) is 0.756. The van der Waals surface area contributed by atoms with Gasteiger partial charge in [-0.05, 0) is 32.9 Å². The first-order valence-corrected chi connectivity index (χ1v) is 6.49. The Morgan fingerprint density at radius 2 is 2.33 bits per heavy atom. The number of thioether (sulfide) groups is 1. The number of rotatable bonds is 6. The van der Waals surface area contributed by atoms with Gasteiger partial charge in [0.1, 0.15) is 0 Å². The SMILES string of the molecule is CCNC(C)CCSc1cc(C)nn1C. The Morgan fingerprint density at radius 1 is 1.60 bits per heavy atom. The monoisotopic (exact) mass is 227 g/mol.